The number of benzene rings is 8. The summed E-state index contributed by atoms with van der Waals surface area (Å²) in [6, 6.07) is 67.5. The third-order valence-electron chi connectivity index (χ3n) is 32.6. The summed E-state index contributed by atoms with van der Waals surface area (Å²) in [4.78, 5) is 22.6. The zero-order valence-electron chi connectivity index (χ0n) is 85.3. The Morgan fingerprint density at radius 3 is 0.603 bits per heavy atom. The Bertz CT molecular complexity index is 5350. The first-order chi connectivity index (χ1) is 67.0. The minimum Gasteiger partial charge on any atom is -0.243 e. The Kier molecular flexibility index (Phi) is 39.4. The van der Waals surface area contributed by atoms with Crippen LogP contribution in [0.15, 0.2) is 188 Å². The van der Waals surface area contributed by atoms with Gasteiger partial charge in [-0.15, -0.1) is 22.7 Å². The maximum Gasteiger partial charge on any atom is 0.116 e. The highest BCUT2D eigenvalue weighted by molar-refractivity contribution is 9.12. The number of thiophene rings is 2. The number of rotatable bonds is 60. The Morgan fingerprint density at radius 1 is 0.206 bits per heavy atom. The van der Waals surface area contributed by atoms with Crippen LogP contribution in [0, 0.1) is 0 Å². The maximum absolute atomic E-state index is 5.68. The zero-order valence-corrected chi connectivity index (χ0v) is 90.1. The lowest BCUT2D eigenvalue weighted by Gasteiger charge is -2.33. The standard InChI is InChI=1S/C64H82Br2N2S.C64H84N2S/c1-5-9-13-17-21-29-41-63(42-30-22-18-14-10-6-2)53-35-27-25-33-49(53)51-39-37-47(45-55(51)63)57-58(68-60-59(67-57)61(65)69-62(60)66)48-38-40-52-50-34-26-28-36-54(50)64(56(52)46-48,43-31-23-19-15-11-7-3)44-32-24-20-16-12-8-4;1-5-9-13-17-21-29-41-63(42-30-22-18-14-10-6-2)55-35-27-25-33-51(55)53-39-37-49(45-57(53)63)61-62(66-60-48-67-47-59(60)65-61)50-38-40-54-52-34-26-28-36-56(52)64(58(54)46-50,43-31-23-19-15-11-7-3)44-32-24-20-16-12-8-4/h25-28,33-40,45-46H,5-24,29-32,41-44H2,1-4H3;25-28,33-40,45-48H,5-24,29-32,41-44H2,1-4H3. The van der Waals surface area contributed by atoms with E-state index in [0.29, 0.717) is 0 Å². The van der Waals surface area contributed by atoms with Crippen molar-refractivity contribution in [1.29, 1.82) is 0 Å². The molecule has 0 amide bonds. The van der Waals surface area contributed by atoms with Gasteiger partial charge in [-0.3, -0.25) is 0 Å². The van der Waals surface area contributed by atoms with Gasteiger partial charge < -0.3 is 0 Å². The largest absolute Gasteiger partial charge is 0.243 e. The number of hydrogen-bond donors (Lipinski definition) is 0. The maximum atomic E-state index is 5.68. The van der Waals surface area contributed by atoms with Gasteiger partial charge in [0.15, 0.2) is 0 Å². The fourth-order valence-corrected chi connectivity index (χ4v) is 28.7. The lowest BCUT2D eigenvalue weighted by atomic mass is 9.70. The van der Waals surface area contributed by atoms with E-state index in [4.69, 9.17) is 19.9 Å². The predicted molar refractivity (Wildman–Crippen MR) is 601 cm³/mol. The van der Waals surface area contributed by atoms with Crippen LogP contribution in [0.5, 0.6) is 0 Å². The molecule has 0 saturated heterocycles. The first-order valence-corrected chi connectivity index (χ1v) is 59.2. The van der Waals surface area contributed by atoms with Gasteiger partial charge in [0.2, 0.25) is 0 Å². The summed E-state index contributed by atoms with van der Waals surface area (Å²) in [5.74, 6) is 0. The Morgan fingerprint density at radius 2 is 0.390 bits per heavy atom. The van der Waals surface area contributed by atoms with E-state index >= 15 is 0 Å². The molecule has 0 atom stereocenters. The summed E-state index contributed by atoms with van der Waals surface area (Å²) in [6.45, 7) is 18.6. The second-order valence-electron chi connectivity index (χ2n) is 42.0. The van der Waals surface area contributed by atoms with E-state index in [1.807, 2.05) is 0 Å². The molecule has 4 aliphatic rings. The van der Waals surface area contributed by atoms with Crippen molar-refractivity contribution < 1.29 is 0 Å². The van der Waals surface area contributed by atoms with Crippen molar-refractivity contribution in [3.63, 3.8) is 0 Å². The summed E-state index contributed by atoms with van der Waals surface area (Å²) in [5.41, 5.74) is 36.6. The molecule has 0 spiro atoms. The molecule has 0 bridgehead atoms. The zero-order chi connectivity index (χ0) is 94.4. The Balaban J connectivity index is 0.000000207. The number of fused-ring (bicyclic) bond motifs is 14. The third-order valence-corrected chi connectivity index (χ3v) is 35.8. The highest BCUT2D eigenvalue weighted by atomic mass is 79.9. The van der Waals surface area contributed by atoms with Crippen molar-refractivity contribution in [1.82, 2.24) is 19.9 Å². The molecule has 4 heterocycles. The van der Waals surface area contributed by atoms with Gasteiger partial charge in [-0.25, -0.2) is 19.9 Å². The van der Waals surface area contributed by atoms with Crippen LogP contribution in [-0.2, 0) is 21.7 Å². The predicted octanol–water partition coefficient (Wildman–Crippen LogP) is 42.6. The summed E-state index contributed by atoms with van der Waals surface area (Å²) in [7, 11) is 0. The topological polar surface area (TPSA) is 51.6 Å². The minimum atomic E-state index is -0.00678. The molecule has 724 valence electrons. The third kappa shape index (κ3) is 23.7. The first-order valence-electron chi connectivity index (χ1n) is 55.9. The van der Waals surface area contributed by atoms with Crippen molar-refractivity contribution in [3.05, 3.63) is 233 Å². The SMILES string of the molecule is CCCCCCCCC1(CCCCCCCC)c2ccccc2-c2ccc(-c3nc4c(Br)sc(Br)c4nc3-c3ccc4c(c3)C(CCCCCCCC)(CCCCCCCC)c3ccccc3-4)cc21.CCCCCCCCC1(CCCCCCCC)c2ccccc2-c2ccc(-c3nc4cscc4nc3-c3ccc4c(c3)C(CCCCCCCC)(CCCCCCCC)c3ccccc3-4)cc21. The normalized spacial score (nSPS) is 14.1. The first kappa shape index (κ1) is 103. The van der Waals surface area contributed by atoms with Crippen LogP contribution < -0.4 is 0 Å². The van der Waals surface area contributed by atoms with Crippen LogP contribution in [0.25, 0.3) is 112 Å². The fraction of sp³-hybridized carbons (Fsp3) is 0.531. The average molecular weight is 1980 g/mol. The van der Waals surface area contributed by atoms with Gasteiger partial charge in [0.25, 0.3) is 0 Å². The molecule has 16 rings (SSSR count). The highest BCUT2D eigenvalue weighted by Crippen LogP contribution is 2.61. The molecule has 4 aliphatic carbocycles. The van der Waals surface area contributed by atoms with Gasteiger partial charge in [0.05, 0.1) is 30.3 Å². The van der Waals surface area contributed by atoms with Crippen LogP contribution in [0.2, 0.25) is 0 Å². The molecule has 136 heavy (non-hydrogen) atoms. The highest BCUT2D eigenvalue weighted by Gasteiger charge is 2.48. The second-order valence-corrected chi connectivity index (χ2v) is 46.4. The number of halogens is 2. The summed E-state index contributed by atoms with van der Waals surface area (Å²) >= 11 is 11.3. The smallest absolute Gasteiger partial charge is 0.116 e. The van der Waals surface area contributed by atoms with Gasteiger partial charge in [-0.1, -0.05) is 509 Å². The average Bonchev–Trinajstić information content (AvgIpc) is 1.57. The molecule has 0 fully saturated rings. The lowest BCUT2D eigenvalue weighted by Crippen LogP contribution is -2.25. The van der Waals surface area contributed by atoms with Crippen LogP contribution in [0.1, 0.15) is 459 Å². The monoisotopic (exact) mass is 1980 g/mol. The molecule has 0 N–H and O–H groups in total. The van der Waals surface area contributed by atoms with Crippen molar-refractivity contribution in [2.75, 3.05) is 0 Å². The lowest BCUT2D eigenvalue weighted by molar-refractivity contribution is 0.398. The molecule has 8 heteroatoms. The van der Waals surface area contributed by atoms with E-state index in [1.165, 1.54) is 449 Å². The quantitative estimate of drug-likeness (QED) is 0.0357. The second kappa shape index (κ2) is 52.0. The van der Waals surface area contributed by atoms with Gasteiger partial charge >= 0.3 is 0 Å². The van der Waals surface area contributed by atoms with E-state index in [0.717, 1.165) is 52.4 Å². The molecule has 0 aliphatic heterocycles. The van der Waals surface area contributed by atoms with Crippen LogP contribution in [-0.4, -0.2) is 19.9 Å². The van der Waals surface area contributed by atoms with E-state index in [1.54, 1.807) is 44.9 Å². The molecule has 4 aromatic heterocycles. The van der Waals surface area contributed by atoms with E-state index in [9.17, 15) is 0 Å². The van der Waals surface area contributed by atoms with Crippen LogP contribution >= 0.6 is 54.5 Å². The van der Waals surface area contributed by atoms with Gasteiger partial charge in [0.1, 0.15) is 22.1 Å². The molecule has 0 saturated carbocycles. The van der Waals surface area contributed by atoms with Gasteiger partial charge in [-0.2, -0.15) is 0 Å². The van der Waals surface area contributed by atoms with Crippen molar-refractivity contribution in [2.24, 2.45) is 0 Å². The van der Waals surface area contributed by atoms with Crippen LogP contribution in [0.4, 0.5) is 0 Å². The summed E-state index contributed by atoms with van der Waals surface area (Å²) in [6.07, 6.45) is 73.1. The molecule has 4 nitrogen and oxygen atoms in total. The molecule has 0 unspecified atom stereocenters. The summed E-state index contributed by atoms with van der Waals surface area (Å²) < 4.78 is 2.06. The molecular weight excluding hydrogens is 1820 g/mol. The Hall–Kier alpha value is -7.20. The van der Waals surface area contributed by atoms with Crippen molar-refractivity contribution in [3.8, 4) is 89.5 Å². The van der Waals surface area contributed by atoms with E-state index in [-0.39, 0.29) is 21.7 Å². The Labute approximate surface area is 848 Å². The van der Waals surface area contributed by atoms with Gasteiger partial charge in [0, 0.05) is 54.7 Å². The molecule has 12 aromatic rings. The molecular formula is C128H166Br2N4S2. The van der Waals surface area contributed by atoms with E-state index in [2.05, 4.69) is 268 Å². The van der Waals surface area contributed by atoms with Gasteiger partial charge in [-0.05, 0) is 197 Å². The number of hydrogen-bond acceptors (Lipinski definition) is 6. The van der Waals surface area contributed by atoms with Crippen LogP contribution in [0.3, 0.4) is 0 Å². The number of nitrogens with zero attached hydrogens (tertiary/aromatic N) is 4. The fourth-order valence-electron chi connectivity index (χ4n) is 25.2. The molecule has 0 radical (unpaired) electrons. The number of aromatic nitrogens is 4. The number of unbranched alkanes of at least 4 members (excludes halogenated alkanes) is 40. The summed E-state index contributed by atoms with van der Waals surface area (Å²) in [5, 5.41) is 4.40. The van der Waals surface area contributed by atoms with E-state index < -0.39 is 0 Å². The van der Waals surface area contributed by atoms with Crippen molar-refractivity contribution >= 4 is 76.6 Å². The molecule has 8 aromatic carbocycles. The van der Waals surface area contributed by atoms with Crippen molar-refractivity contribution in [2.45, 2.75) is 437 Å². The minimum absolute atomic E-state index is 0.00678.